The minimum atomic E-state index is -0.184. The Morgan fingerprint density at radius 2 is 2.11 bits per heavy atom. The van der Waals surface area contributed by atoms with Gasteiger partial charge in [-0.05, 0) is 63.4 Å². The molecule has 0 aliphatic heterocycles. The first-order chi connectivity index (χ1) is 9.02. The summed E-state index contributed by atoms with van der Waals surface area (Å²) in [6.45, 7) is 4.58. The summed E-state index contributed by atoms with van der Waals surface area (Å²) in [6.07, 6.45) is 1.63. The van der Waals surface area contributed by atoms with Gasteiger partial charge in [-0.25, -0.2) is 0 Å². The van der Waals surface area contributed by atoms with E-state index in [1.54, 1.807) is 10.9 Å². The molecule has 0 bridgehead atoms. The van der Waals surface area contributed by atoms with Crippen LogP contribution in [0, 0.1) is 6.92 Å². The standard InChI is InChI=1S/C13H13Br2N3O/c1-3-18-12(10(15)7-16-18)13(19)17-11-5-4-8(2)6-9(11)14/h4-7H,3H2,1-2H3,(H,17,19). The van der Waals surface area contributed by atoms with Crippen molar-refractivity contribution in [2.24, 2.45) is 0 Å². The average molecular weight is 387 g/mol. The third-order valence-corrected chi connectivity index (χ3v) is 3.92. The number of rotatable bonds is 3. The van der Waals surface area contributed by atoms with Crippen molar-refractivity contribution in [3.05, 3.63) is 44.6 Å². The largest absolute Gasteiger partial charge is 0.320 e. The van der Waals surface area contributed by atoms with Crippen molar-refractivity contribution < 1.29 is 4.79 Å². The maximum atomic E-state index is 12.3. The minimum absolute atomic E-state index is 0.184. The van der Waals surface area contributed by atoms with Crippen LogP contribution in [-0.4, -0.2) is 15.7 Å². The van der Waals surface area contributed by atoms with Crippen molar-refractivity contribution >= 4 is 43.5 Å². The zero-order chi connectivity index (χ0) is 14.0. The zero-order valence-corrected chi connectivity index (χ0v) is 13.7. The highest BCUT2D eigenvalue weighted by molar-refractivity contribution is 9.11. The van der Waals surface area contributed by atoms with Crippen molar-refractivity contribution in [2.45, 2.75) is 20.4 Å². The van der Waals surface area contributed by atoms with E-state index in [1.807, 2.05) is 32.0 Å². The van der Waals surface area contributed by atoms with Gasteiger partial charge in [-0.2, -0.15) is 5.10 Å². The zero-order valence-electron chi connectivity index (χ0n) is 10.6. The number of aromatic nitrogens is 2. The molecule has 1 aromatic heterocycles. The first kappa shape index (κ1) is 14.3. The van der Waals surface area contributed by atoms with Gasteiger partial charge in [0.1, 0.15) is 5.69 Å². The molecule has 0 spiro atoms. The van der Waals surface area contributed by atoms with E-state index in [2.05, 4.69) is 42.3 Å². The summed E-state index contributed by atoms with van der Waals surface area (Å²) >= 11 is 6.79. The monoisotopic (exact) mass is 385 g/mol. The van der Waals surface area contributed by atoms with Gasteiger partial charge in [0.15, 0.2) is 0 Å². The fraction of sp³-hybridized carbons (Fsp3) is 0.231. The first-order valence-electron chi connectivity index (χ1n) is 5.81. The summed E-state index contributed by atoms with van der Waals surface area (Å²) in [5.41, 5.74) is 2.39. The number of amides is 1. The number of carbonyl (C=O) groups excluding carboxylic acids is 1. The number of anilines is 1. The van der Waals surface area contributed by atoms with Crippen LogP contribution in [0.15, 0.2) is 33.3 Å². The van der Waals surface area contributed by atoms with Gasteiger partial charge in [-0.1, -0.05) is 6.07 Å². The molecule has 0 radical (unpaired) electrons. The molecule has 0 aliphatic carbocycles. The highest BCUT2D eigenvalue weighted by Crippen LogP contribution is 2.25. The lowest BCUT2D eigenvalue weighted by molar-refractivity contribution is 0.101. The Morgan fingerprint density at radius 3 is 2.74 bits per heavy atom. The number of aryl methyl sites for hydroxylation is 2. The van der Waals surface area contributed by atoms with E-state index < -0.39 is 0 Å². The minimum Gasteiger partial charge on any atom is -0.320 e. The number of halogens is 2. The summed E-state index contributed by atoms with van der Waals surface area (Å²) in [4.78, 5) is 12.3. The molecule has 1 heterocycles. The number of benzene rings is 1. The van der Waals surface area contributed by atoms with E-state index >= 15 is 0 Å². The van der Waals surface area contributed by atoms with Gasteiger partial charge in [-0.15, -0.1) is 0 Å². The number of nitrogens with zero attached hydrogens (tertiary/aromatic N) is 2. The van der Waals surface area contributed by atoms with Crippen LogP contribution in [-0.2, 0) is 6.54 Å². The van der Waals surface area contributed by atoms with Crippen LogP contribution in [0.4, 0.5) is 5.69 Å². The number of hydrogen-bond acceptors (Lipinski definition) is 2. The Labute approximate surface area is 128 Å². The molecule has 2 aromatic rings. The van der Waals surface area contributed by atoms with Crippen LogP contribution >= 0.6 is 31.9 Å². The van der Waals surface area contributed by atoms with Crippen molar-refractivity contribution in [1.29, 1.82) is 0 Å². The topological polar surface area (TPSA) is 46.9 Å². The van der Waals surface area contributed by atoms with E-state index in [1.165, 1.54) is 0 Å². The highest BCUT2D eigenvalue weighted by Gasteiger charge is 2.17. The molecule has 0 saturated heterocycles. The number of hydrogen-bond donors (Lipinski definition) is 1. The van der Waals surface area contributed by atoms with E-state index in [9.17, 15) is 4.79 Å². The Balaban J connectivity index is 2.28. The molecule has 4 nitrogen and oxygen atoms in total. The van der Waals surface area contributed by atoms with Crippen LogP contribution < -0.4 is 5.32 Å². The van der Waals surface area contributed by atoms with E-state index in [0.29, 0.717) is 16.7 Å². The molecule has 1 N–H and O–H groups in total. The lowest BCUT2D eigenvalue weighted by atomic mass is 10.2. The molecule has 0 saturated carbocycles. The van der Waals surface area contributed by atoms with Crippen molar-refractivity contribution in [2.75, 3.05) is 5.32 Å². The second-order valence-corrected chi connectivity index (χ2v) is 5.80. The van der Waals surface area contributed by atoms with Gasteiger partial charge in [0.2, 0.25) is 0 Å². The molecule has 0 aliphatic rings. The summed E-state index contributed by atoms with van der Waals surface area (Å²) < 4.78 is 3.20. The van der Waals surface area contributed by atoms with Crippen molar-refractivity contribution in [3.8, 4) is 0 Å². The highest BCUT2D eigenvalue weighted by atomic mass is 79.9. The summed E-state index contributed by atoms with van der Waals surface area (Å²) in [5.74, 6) is -0.184. The number of carbonyl (C=O) groups is 1. The predicted molar refractivity (Wildman–Crippen MR) is 82.4 cm³/mol. The van der Waals surface area contributed by atoms with Gasteiger partial charge in [0.05, 0.1) is 16.4 Å². The van der Waals surface area contributed by atoms with Gasteiger partial charge in [-0.3, -0.25) is 9.48 Å². The lowest BCUT2D eigenvalue weighted by Crippen LogP contribution is -2.18. The van der Waals surface area contributed by atoms with Crippen LogP contribution in [0.1, 0.15) is 23.0 Å². The number of nitrogens with one attached hydrogen (secondary N) is 1. The molecular weight excluding hydrogens is 374 g/mol. The molecule has 0 atom stereocenters. The normalized spacial score (nSPS) is 10.5. The third-order valence-electron chi connectivity index (χ3n) is 2.68. The maximum absolute atomic E-state index is 12.3. The molecule has 6 heteroatoms. The van der Waals surface area contributed by atoms with E-state index in [-0.39, 0.29) is 5.91 Å². The molecular formula is C13H13Br2N3O. The van der Waals surface area contributed by atoms with Crippen molar-refractivity contribution in [1.82, 2.24) is 9.78 Å². The fourth-order valence-electron chi connectivity index (χ4n) is 1.73. The second kappa shape index (κ2) is 5.88. The van der Waals surface area contributed by atoms with Crippen molar-refractivity contribution in [3.63, 3.8) is 0 Å². The molecule has 2 rings (SSSR count). The third kappa shape index (κ3) is 3.06. The van der Waals surface area contributed by atoms with Gasteiger partial charge in [0, 0.05) is 11.0 Å². The molecule has 1 aromatic carbocycles. The summed E-state index contributed by atoms with van der Waals surface area (Å²) in [7, 11) is 0. The molecule has 0 unspecified atom stereocenters. The van der Waals surface area contributed by atoms with E-state index in [4.69, 9.17) is 0 Å². The second-order valence-electron chi connectivity index (χ2n) is 4.09. The summed E-state index contributed by atoms with van der Waals surface area (Å²) in [6, 6.07) is 5.78. The van der Waals surface area contributed by atoms with Gasteiger partial charge >= 0.3 is 0 Å². The van der Waals surface area contributed by atoms with Crippen LogP contribution in [0.5, 0.6) is 0 Å². The van der Waals surface area contributed by atoms with Crippen LogP contribution in [0.2, 0.25) is 0 Å². The maximum Gasteiger partial charge on any atom is 0.275 e. The molecule has 19 heavy (non-hydrogen) atoms. The first-order valence-corrected chi connectivity index (χ1v) is 7.40. The fourth-order valence-corrected chi connectivity index (χ4v) is 2.80. The van der Waals surface area contributed by atoms with Gasteiger partial charge in [0.25, 0.3) is 5.91 Å². The quantitative estimate of drug-likeness (QED) is 0.866. The van der Waals surface area contributed by atoms with Crippen LogP contribution in [0.3, 0.4) is 0 Å². The van der Waals surface area contributed by atoms with E-state index in [0.717, 1.165) is 15.7 Å². The Morgan fingerprint density at radius 1 is 1.37 bits per heavy atom. The SMILES string of the molecule is CCn1ncc(Br)c1C(=O)Nc1ccc(C)cc1Br. The Kier molecular flexibility index (Phi) is 4.42. The smallest absolute Gasteiger partial charge is 0.275 e. The van der Waals surface area contributed by atoms with Gasteiger partial charge < -0.3 is 5.32 Å². The molecule has 1 amide bonds. The van der Waals surface area contributed by atoms with Crippen LogP contribution in [0.25, 0.3) is 0 Å². The lowest BCUT2D eigenvalue weighted by Gasteiger charge is -2.09. The predicted octanol–water partition coefficient (Wildman–Crippen LogP) is 3.99. The summed E-state index contributed by atoms with van der Waals surface area (Å²) in [5, 5.41) is 7.01. The Bertz CT molecular complexity index is 622. The Hall–Kier alpha value is -1.14. The molecule has 100 valence electrons. The molecule has 0 fully saturated rings. The average Bonchev–Trinajstić information content (AvgIpc) is 2.74.